The molecule has 0 atom stereocenters. The van der Waals surface area contributed by atoms with Crippen molar-refractivity contribution in [2.45, 2.75) is 31.7 Å². The first-order chi connectivity index (χ1) is 11.2. The van der Waals surface area contributed by atoms with Crippen LogP contribution in [0.5, 0.6) is 0 Å². The van der Waals surface area contributed by atoms with Crippen LogP contribution in [-0.4, -0.2) is 86.0 Å². The second-order valence-electron chi connectivity index (χ2n) is 6.28. The lowest BCUT2D eigenvalue weighted by Crippen LogP contribution is -2.54. The molecule has 2 fully saturated rings. The quantitative estimate of drug-likeness (QED) is 0.242. The number of unbranched alkanes of at least 4 members (excludes halogenated alkanes) is 1. The third-order valence-corrected chi connectivity index (χ3v) is 4.95. The molecule has 8 heteroatoms. The lowest BCUT2D eigenvalue weighted by atomic mass is 10.3. The maximum Gasteiger partial charge on any atom is 0.234 e. The molecular weight excluding hydrogens is 437 g/mol. The number of nitrogens with zero attached hydrogens (tertiary/aromatic N) is 3. The molecule has 1 saturated heterocycles. The summed E-state index contributed by atoms with van der Waals surface area (Å²) in [6.45, 7) is 5.22. The van der Waals surface area contributed by atoms with Gasteiger partial charge in [0.05, 0.1) is 6.54 Å². The zero-order chi connectivity index (χ0) is 16.5. The summed E-state index contributed by atoms with van der Waals surface area (Å²) in [5.74, 6) is 2.40. The first-order valence-electron chi connectivity index (χ1n) is 8.69. The molecule has 0 aromatic rings. The molecule has 0 spiro atoms. The van der Waals surface area contributed by atoms with Crippen LogP contribution in [0.2, 0.25) is 0 Å². The molecule has 2 aliphatic rings. The zero-order valence-corrected chi connectivity index (χ0v) is 18.1. The van der Waals surface area contributed by atoms with Crippen molar-refractivity contribution in [1.29, 1.82) is 0 Å². The van der Waals surface area contributed by atoms with Gasteiger partial charge in [-0.3, -0.25) is 14.7 Å². The zero-order valence-electron chi connectivity index (χ0n) is 14.9. The Hall–Kier alpha value is -0.220. The molecule has 2 rings (SSSR count). The predicted molar refractivity (Wildman–Crippen MR) is 114 cm³/mol. The van der Waals surface area contributed by atoms with Gasteiger partial charge in [-0.2, -0.15) is 11.8 Å². The Balaban J connectivity index is 0.00000288. The van der Waals surface area contributed by atoms with Crippen molar-refractivity contribution in [2.75, 3.05) is 58.3 Å². The molecule has 6 nitrogen and oxygen atoms in total. The maximum atomic E-state index is 11.9. The summed E-state index contributed by atoms with van der Waals surface area (Å²) in [5.41, 5.74) is 0. The normalized spacial score (nSPS) is 18.9. The molecule has 2 N–H and O–H groups in total. The number of hydrogen-bond acceptors (Lipinski definition) is 4. The van der Waals surface area contributed by atoms with E-state index in [-0.39, 0.29) is 29.9 Å². The van der Waals surface area contributed by atoms with Crippen LogP contribution in [0.15, 0.2) is 4.99 Å². The van der Waals surface area contributed by atoms with Crippen LogP contribution in [0.25, 0.3) is 0 Å². The van der Waals surface area contributed by atoms with E-state index in [2.05, 4.69) is 31.7 Å². The second-order valence-corrected chi connectivity index (χ2v) is 7.26. The summed E-state index contributed by atoms with van der Waals surface area (Å²) < 4.78 is 0. The SMILES string of the molecule is CN=C(NCCCCSC)N1CCN(CC(=O)NC2CC2)CC1.I. The number of aliphatic imine (C=N–C) groups is 1. The summed E-state index contributed by atoms with van der Waals surface area (Å²) in [6, 6.07) is 0.456. The van der Waals surface area contributed by atoms with Gasteiger partial charge < -0.3 is 15.5 Å². The predicted octanol–water partition coefficient (Wildman–Crippen LogP) is 1.22. The highest BCUT2D eigenvalue weighted by Gasteiger charge is 2.25. The smallest absolute Gasteiger partial charge is 0.234 e. The van der Waals surface area contributed by atoms with Gasteiger partial charge in [-0.1, -0.05) is 0 Å². The molecular formula is C16H32IN5OS. The summed E-state index contributed by atoms with van der Waals surface area (Å²) in [7, 11) is 1.85. The standard InChI is InChI=1S/C16H31N5OS.HI/c1-17-16(18-7-3-4-12-23-2)21-10-8-20(9-11-21)13-15(22)19-14-5-6-14;/h14H,3-13H2,1-2H3,(H,17,18)(H,19,22);1H. The minimum atomic E-state index is 0. The highest BCUT2D eigenvalue weighted by molar-refractivity contribution is 14.0. The van der Waals surface area contributed by atoms with Crippen LogP contribution < -0.4 is 10.6 Å². The average Bonchev–Trinajstić information content (AvgIpc) is 3.36. The summed E-state index contributed by atoms with van der Waals surface area (Å²) in [5, 5.41) is 6.52. The van der Waals surface area contributed by atoms with Crippen LogP contribution >= 0.6 is 35.7 Å². The molecule has 1 heterocycles. The second kappa shape index (κ2) is 12.2. The number of piperazine rings is 1. The third-order valence-electron chi connectivity index (χ3n) is 4.25. The molecule has 140 valence electrons. The number of carbonyl (C=O) groups excluding carboxylic acids is 1. The van der Waals surface area contributed by atoms with Gasteiger partial charge in [0.2, 0.25) is 5.91 Å². The summed E-state index contributed by atoms with van der Waals surface area (Å²) in [4.78, 5) is 20.8. The number of amides is 1. The topological polar surface area (TPSA) is 60.0 Å². The molecule has 0 aromatic heterocycles. The Morgan fingerprint density at radius 1 is 1.21 bits per heavy atom. The van der Waals surface area contributed by atoms with Gasteiger partial charge >= 0.3 is 0 Å². The van der Waals surface area contributed by atoms with Crippen LogP contribution in [-0.2, 0) is 4.79 Å². The Kier molecular flexibility index (Phi) is 11.1. The van der Waals surface area contributed by atoms with Crippen molar-refractivity contribution in [3.63, 3.8) is 0 Å². The van der Waals surface area contributed by atoms with E-state index in [0.717, 1.165) is 51.5 Å². The number of guanidine groups is 1. The van der Waals surface area contributed by atoms with Crippen LogP contribution in [0, 0.1) is 0 Å². The largest absolute Gasteiger partial charge is 0.356 e. The molecule has 0 unspecified atom stereocenters. The summed E-state index contributed by atoms with van der Waals surface area (Å²) in [6.07, 6.45) is 6.88. The van der Waals surface area contributed by atoms with Crippen LogP contribution in [0.3, 0.4) is 0 Å². The van der Waals surface area contributed by atoms with Crippen molar-refractivity contribution in [2.24, 2.45) is 4.99 Å². The minimum absolute atomic E-state index is 0. The number of thioether (sulfide) groups is 1. The fourth-order valence-electron chi connectivity index (χ4n) is 2.73. The van der Waals surface area contributed by atoms with E-state index < -0.39 is 0 Å². The Bertz CT molecular complexity index is 398. The number of nitrogens with one attached hydrogen (secondary N) is 2. The van der Waals surface area contributed by atoms with Gasteiger partial charge in [0, 0.05) is 45.8 Å². The number of hydrogen-bond donors (Lipinski definition) is 2. The minimum Gasteiger partial charge on any atom is -0.356 e. The van der Waals surface area contributed by atoms with Crippen LogP contribution in [0.4, 0.5) is 0 Å². The maximum absolute atomic E-state index is 11.9. The van der Waals surface area contributed by atoms with Gasteiger partial charge in [0.25, 0.3) is 0 Å². The van der Waals surface area contributed by atoms with Crippen molar-refractivity contribution in [3.8, 4) is 0 Å². The highest BCUT2D eigenvalue weighted by Crippen LogP contribution is 2.18. The number of halogens is 1. The van der Waals surface area contributed by atoms with Crippen molar-refractivity contribution >= 4 is 47.6 Å². The first kappa shape index (κ1) is 21.8. The monoisotopic (exact) mass is 469 g/mol. The summed E-state index contributed by atoms with van der Waals surface area (Å²) >= 11 is 1.90. The van der Waals surface area contributed by atoms with E-state index in [1.807, 2.05) is 18.8 Å². The van der Waals surface area contributed by atoms with Crippen molar-refractivity contribution in [1.82, 2.24) is 20.4 Å². The lowest BCUT2D eigenvalue weighted by molar-refractivity contribution is -0.122. The van der Waals surface area contributed by atoms with Crippen molar-refractivity contribution in [3.05, 3.63) is 0 Å². The van der Waals surface area contributed by atoms with E-state index in [1.54, 1.807) is 0 Å². The van der Waals surface area contributed by atoms with Gasteiger partial charge in [-0.25, -0.2) is 0 Å². The Labute approximate surface area is 167 Å². The third kappa shape index (κ3) is 8.24. The Morgan fingerprint density at radius 3 is 2.50 bits per heavy atom. The fourth-order valence-corrected chi connectivity index (χ4v) is 3.22. The molecule has 1 aliphatic carbocycles. The van der Waals surface area contributed by atoms with E-state index in [1.165, 1.54) is 18.6 Å². The molecule has 0 radical (unpaired) electrons. The van der Waals surface area contributed by atoms with Gasteiger partial charge in [0.1, 0.15) is 0 Å². The molecule has 24 heavy (non-hydrogen) atoms. The molecule has 0 aromatic carbocycles. The average molecular weight is 469 g/mol. The van der Waals surface area contributed by atoms with Crippen LogP contribution in [0.1, 0.15) is 25.7 Å². The van der Waals surface area contributed by atoms with Crippen molar-refractivity contribution < 1.29 is 4.79 Å². The van der Waals surface area contributed by atoms with Gasteiger partial charge in [-0.05, 0) is 37.7 Å². The van der Waals surface area contributed by atoms with E-state index in [9.17, 15) is 4.79 Å². The Morgan fingerprint density at radius 2 is 1.92 bits per heavy atom. The molecule has 1 amide bonds. The first-order valence-corrected chi connectivity index (χ1v) is 10.1. The van der Waals surface area contributed by atoms with Gasteiger partial charge in [-0.15, -0.1) is 24.0 Å². The molecule has 1 aliphatic heterocycles. The van der Waals surface area contributed by atoms with E-state index in [0.29, 0.717) is 12.6 Å². The molecule has 1 saturated carbocycles. The van der Waals surface area contributed by atoms with E-state index in [4.69, 9.17) is 0 Å². The molecule has 0 bridgehead atoms. The lowest BCUT2D eigenvalue weighted by Gasteiger charge is -2.36. The van der Waals surface area contributed by atoms with E-state index >= 15 is 0 Å². The highest BCUT2D eigenvalue weighted by atomic mass is 127. The fraction of sp³-hybridized carbons (Fsp3) is 0.875. The number of carbonyl (C=O) groups is 1. The van der Waals surface area contributed by atoms with Gasteiger partial charge in [0.15, 0.2) is 5.96 Å². The number of rotatable bonds is 8.